The van der Waals surface area contributed by atoms with Gasteiger partial charge >= 0.3 is 5.97 Å². The van der Waals surface area contributed by atoms with Crippen molar-refractivity contribution in [3.63, 3.8) is 0 Å². The lowest BCUT2D eigenvalue weighted by Crippen LogP contribution is -2.13. The van der Waals surface area contributed by atoms with E-state index < -0.39 is 12.1 Å². The second-order valence-corrected chi connectivity index (χ2v) is 2.68. The summed E-state index contributed by atoms with van der Waals surface area (Å²) in [5.74, 6) is -1.19. The molecule has 0 saturated carbocycles. The third kappa shape index (κ3) is 3.31. The van der Waals surface area contributed by atoms with Crippen molar-refractivity contribution in [2.75, 3.05) is 0 Å². The average Bonchev–Trinajstić information content (AvgIpc) is 2.66. The molecule has 1 unspecified atom stereocenters. The van der Waals surface area contributed by atoms with E-state index in [0.717, 1.165) is 5.52 Å². The van der Waals surface area contributed by atoms with Gasteiger partial charge in [0.05, 0.1) is 12.5 Å². The first-order chi connectivity index (χ1) is 7.11. The number of carboxylic acids is 1. The van der Waals surface area contributed by atoms with E-state index in [1.54, 1.807) is 12.5 Å². The number of imidazole rings is 1. The maximum atomic E-state index is 9.45. The zero-order chi connectivity index (χ0) is 11.3. The number of nitrogens with one attached hydrogen (secondary N) is 1. The topological polar surface area (TPSA) is 112 Å². The number of aromatic nitrogens is 4. The Balaban J connectivity index is 0.000000167. The fraction of sp³-hybridized carbons (Fsp3) is 0.250. The van der Waals surface area contributed by atoms with Gasteiger partial charge in [0, 0.05) is 0 Å². The highest BCUT2D eigenvalue weighted by Gasteiger charge is 2.01. The van der Waals surface area contributed by atoms with E-state index in [4.69, 9.17) is 10.2 Å². The molecule has 2 aromatic heterocycles. The summed E-state index contributed by atoms with van der Waals surface area (Å²) in [5, 5.41) is 15.8. The molecule has 2 aromatic rings. The molecule has 0 aromatic carbocycles. The molecule has 3 N–H and O–H groups in total. The predicted molar refractivity (Wildman–Crippen MR) is 51.0 cm³/mol. The molecule has 2 rings (SSSR count). The zero-order valence-corrected chi connectivity index (χ0v) is 7.95. The highest BCUT2D eigenvalue weighted by Crippen LogP contribution is 1.99. The Morgan fingerprint density at radius 1 is 1.53 bits per heavy atom. The Labute approximate surface area is 84.8 Å². The highest BCUT2D eigenvalue weighted by molar-refractivity contribution is 5.71. The van der Waals surface area contributed by atoms with Crippen molar-refractivity contribution in [2.24, 2.45) is 0 Å². The first-order valence-corrected chi connectivity index (χ1v) is 4.11. The van der Waals surface area contributed by atoms with Crippen LogP contribution < -0.4 is 0 Å². The largest absolute Gasteiger partial charge is 0.479 e. The van der Waals surface area contributed by atoms with Crippen LogP contribution in [0.2, 0.25) is 0 Å². The quantitative estimate of drug-likeness (QED) is 0.601. The van der Waals surface area contributed by atoms with E-state index in [2.05, 4.69) is 19.9 Å². The van der Waals surface area contributed by atoms with Gasteiger partial charge in [-0.15, -0.1) is 0 Å². The average molecular weight is 210 g/mol. The number of carboxylic acid groups (broad SMARTS) is 1. The van der Waals surface area contributed by atoms with Gasteiger partial charge in [0.15, 0.2) is 5.65 Å². The van der Waals surface area contributed by atoms with E-state index in [1.165, 1.54) is 13.3 Å². The summed E-state index contributed by atoms with van der Waals surface area (Å²) in [6, 6.07) is 0. The molecule has 0 amide bonds. The fourth-order valence-corrected chi connectivity index (χ4v) is 0.691. The third-order valence-corrected chi connectivity index (χ3v) is 1.46. The minimum absolute atomic E-state index is 0.713. The van der Waals surface area contributed by atoms with Gasteiger partial charge in [-0.2, -0.15) is 0 Å². The molecule has 0 spiro atoms. The van der Waals surface area contributed by atoms with Crippen LogP contribution in [0.1, 0.15) is 6.92 Å². The minimum atomic E-state index is -1.23. The van der Waals surface area contributed by atoms with Crippen molar-refractivity contribution in [2.45, 2.75) is 13.0 Å². The summed E-state index contributed by atoms with van der Waals surface area (Å²) in [7, 11) is 0. The smallest absolute Gasteiger partial charge is 0.332 e. The number of H-pyrrole nitrogens is 1. The molecule has 0 fully saturated rings. The number of hydrogen-bond acceptors (Lipinski definition) is 5. The van der Waals surface area contributed by atoms with Gasteiger partial charge in [0.1, 0.15) is 17.9 Å². The molecule has 0 radical (unpaired) electrons. The number of hydrogen-bond donors (Lipinski definition) is 3. The van der Waals surface area contributed by atoms with Crippen LogP contribution in [0.4, 0.5) is 0 Å². The van der Waals surface area contributed by atoms with E-state index in [1.807, 2.05) is 0 Å². The van der Waals surface area contributed by atoms with E-state index >= 15 is 0 Å². The maximum Gasteiger partial charge on any atom is 0.332 e. The van der Waals surface area contributed by atoms with Crippen LogP contribution in [0.15, 0.2) is 18.9 Å². The van der Waals surface area contributed by atoms with Crippen molar-refractivity contribution in [3.8, 4) is 0 Å². The van der Waals surface area contributed by atoms with Crippen molar-refractivity contribution in [1.29, 1.82) is 0 Å². The van der Waals surface area contributed by atoms with Crippen LogP contribution in [0.3, 0.4) is 0 Å². The van der Waals surface area contributed by atoms with Gasteiger partial charge in [-0.1, -0.05) is 0 Å². The van der Waals surface area contributed by atoms with Crippen molar-refractivity contribution in [3.05, 3.63) is 18.9 Å². The SMILES string of the molecule is CC(O)C(=O)O.c1ncc2[nH]cnc2n1. The number of rotatable bonds is 1. The monoisotopic (exact) mass is 210 g/mol. The molecule has 0 aliphatic heterocycles. The molecule has 7 nitrogen and oxygen atoms in total. The zero-order valence-electron chi connectivity index (χ0n) is 7.95. The van der Waals surface area contributed by atoms with E-state index in [0.29, 0.717) is 5.65 Å². The maximum absolute atomic E-state index is 9.45. The number of aromatic amines is 1. The second kappa shape index (κ2) is 5.01. The van der Waals surface area contributed by atoms with Gasteiger partial charge in [-0.25, -0.2) is 19.7 Å². The lowest BCUT2D eigenvalue weighted by Gasteiger charge is -1.89. The predicted octanol–water partition coefficient (Wildman–Crippen LogP) is -0.195. The summed E-state index contributed by atoms with van der Waals surface area (Å²) in [6.07, 6.45) is 3.53. The van der Waals surface area contributed by atoms with Gasteiger partial charge in [0.2, 0.25) is 0 Å². The molecule has 15 heavy (non-hydrogen) atoms. The van der Waals surface area contributed by atoms with Crippen molar-refractivity contribution >= 4 is 17.1 Å². The number of aliphatic carboxylic acids is 1. The third-order valence-electron chi connectivity index (χ3n) is 1.46. The molecule has 0 aliphatic carbocycles. The van der Waals surface area contributed by atoms with Gasteiger partial charge < -0.3 is 15.2 Å². The highest BCUT2D eigenvalue weighted by atomic mass is 16.4. The van der Waals surface area contributed by atoms with E-state index in [9.17, 15) is 4.79 Å². The summed E-state index contributed by atoms with van der Waals surface area (Å²) in [4.78, 5) is 23.9. The Bertz CT molecular complexity index is 410. The molecular weight excluding hydrogens is 200 g/mol. The molecular formula is C8H10N4O3. The Morgan fingerprint density at radius 2 is 2.20 bits per heavy atom. The van der Waals surface area contributed by atoms with Crippen LogP contribution in [-0.2, 0) is 4.79 Å². The Hall–Kier alpha value is -2.02. The molecule has 80 valence electrons. The molecule has 1 atom stereocenters. The minimum Gasteiger partial charge on any atom is -0.479 e. The van der Waals surface area contributed by atoms with Gasteiger partial charge in [0.25, 0.3) is 0 Å². The van der Waals surface area contributed by atoms with E-state index in [-0.39, 0.29) is 0 Å². The Kier molecular flexibility index (Phi) is 3.69. The first kappa shape index (κ1) is 11.1. The molecule has 0 aliphatic rings. The second-order valence-electron chi connectivity index (χ2n) is 2.68. The lowest BCUT2D eigenvalue weighted by molar-refractivity contribution is -0.145. The molecule has 7 heteroatoms. The van der Waals surface area contributed by atoms with Crippen LogP contribution in [-0.4, -0.2) is 42.2 Å². The fourth-order valence-electron chi connectivity index (χ4n) is 0.691. The summed E-state index contributed by atoms with van der Waals surface area (Å²) >= 11 is 0. The molecule has 2 heterocycles. The number of aliphatic hydroxyl groups excluding tert-OH is 1. The number of nitrogens with zero attached hydrogens (tertiary/aromatic N) is 3. The lowest BCUT2D eigenvalue weighted by atomic mass is 10.4. The normalized spacial score (nSPS) is 11.6. The molecule has 0 saturated heterocycles. The standard InChI is InChI=1S/C5H4N4.C3H6O3/c1-4-5(8-2-6-1)9-3-7-4;1-2(4)3(5)6/h1-3H,(H,6,7,8,9);2,4H,1H3,(H,5,6). The van der Waals surface area contributed by atoms with Crippen LogP contribution >= 0.6 is 0 Å². The van der Waals surface area contributed by atoms with Gasteiger partial charge in [-0.05, 0) is 6.92 Å². The van der Waals surface area contributed by atoms with Crippen LogP contribution in [0.5, 0.6) is 0 Å². The Morgan fingerprint density at radius 3 is 2.73 bits per heavy atom. The van der Waals surface area contributed by atoms with Crippen LogP contribution in [0, 0.1) is 0 Å². The van der Waals surface area contributed by atoms with Crippen molar-refractivity contribution < 1.29 is 15.0 Å². The van der Waals surface area contributed by atoms with Crippen LogP contribution in [0.25, 0.3) is 11.2 Å². The van der Waals surface area contributed by atoms with Gasteiger partial charge in [-0.3, -0.25) is 0 Å². The molecule has 0 bridgehead atoms. The number of fused-ring (bicyclic) bond motifs is 1. The van der Waals surface area contributed by atoms with Crippen molar-refractivity contribution in [1.82, 2.24) is 19.9 Å². The first-order valence-electron chi connectivity index (χ1n) is 4.11. The summed E-state index contributed by atoms with van der Waals surface area (Å²) in [6.45, 7) is 1.20. The summed E-state index contributed by atoms with van der Waals surface area (Å²) < 4.78 is 0. The number of carbonyl (C=O) groups is 1. The summed E-state index contributed by atoms with van der Waals surface area (Å²) in [5.41, 5.74) is 1.59. The number of aliphatic hydroxyl groups is 1.